The van der Waals surface area contributed by atoms with Crippen molar-refractivity contribution >= 4 is 22.8 Å². The second-order valence-corrected chi connectivity index (χ2v) is 8.82. The van der Waals surface area contributed by atoms with Crippen LogP contribution in [-0.4, -0.2) is 46.4 Å². The Hall–Kier alpha value is -3.71. The van der Waals surface area contributed by atoms with Gasteiger partial charge in [0.05, 0.1) is 5.39 Å². The molecule has 0 spiro atoms. The molecule has 3 N–H and O–H groups in total. The van der Waals surface area contributed by atoms with Crippen LogP contribution in [0.5, 0.6) is 0 Å². The fraction of sp³-hybridized carbons (Fsp3) is 0.296. The Morgan fingerprint density at radius 1 is 1.06 bits per heavy atom. The third-order valence-electron chi connectivity index (χ3n) is 5.84. The number of rotatable bonds is 10. The number of carbonyl (C=O) groups is 1. The Morgan fingerprint density at radius 3 is 2.56 bits per heavy atom. The van der Waals surface area contributed by atoms with Crippen LogP contribution >= 0.6 is 0 Å². The third kappa shape index (κ3) is 5.99. The molecule has 1 amide bonds. The number of H-pyrrole nitrogens is 1. The van der Waals surface area contributed by atoms with Crippen molar-refractivity contribution in [1.29, 1.82) is 0 Å². The van der Waals surface area contributed by atoms with Gasteiger partial charge >= 0.3 is 0 Å². The van der Waals surface area contributed by atoms with Crippen LogP contribution in [0.2, 0.25) is 0 Å². The van der Waals surface area contributed by atoms with Crippen LogP contribution in [0.15, 0.2) is 67.0 Å². The van der Waals surface area contributed by atoms with Gasteiger partial charge in [0, 0.05) is 24.7 Å². The lowest BCUT2D eigenvalue weighted by Gasteiger charge is -2.15. The van der Waals surface area contributed by atoms with Crippen LogP contribution in [-0.2, 0) is 11.3 Å². The minimum absolute atomic E-state index is 0.0879. The van der Waals surface area contributed by atoms with E-state index in [2.05, 4.69) is 67.7 Å². The van der Waals surface area contributed by atoms with E-state index in [1.807, 2.05) is 44.4 Å². The van der Waals surface area contributed by atoms with Crippen molar-refractivity contribution in [3.63, 3.8) is 0 Å². The highest BCUT2D eigenvalue weighted by Crippen LogP contribution is 2.29. The summed E-state index contributed by atoms with van der Waals surface area (Å²) in [5.41, 5.74) is 5.10. The predicted octanol–water partition coefficient (Wildman–Crippen LogP) is 4.76. The number of hydrogen-bond acceptors (Lipinski definition) is 5. The molecular formula is C27H32N6O. The van der Waals surface area contributed by atoms with Crippen LogP contribution in [0.4, 0.5) is 5.82 Å². The van der Waals surface area contributed by atoms with E-state index in [1.165, 1.54) is 5.56 Å². The summed E-state index contributed by atoms with van der Waals surface area (Å²) in [6, 6.07) is 20.7. The highest BCUT2D eigenvalue weighted by atomic mass is 16.1. The Labute approximate surface area is 200 Å². The van der Waals surface area contributed by atoms with E-state index < -0.39 is 0 Å². The Kier molecular flexibility index (Phi) is 7.54. The molecule has 2 aromatic carbocycles. The van der Waals surface area contributed by atoms with E-state index in [9.17, 15) is 4.79 Å². The van der Waals surface area contributed by atoms with Crippen molar-refractivity contribution in [1.82, 2.24) is 25.2 Å². The molecule has 0 radical (unpaired) electrons. The number of anilines is 1. The normalized spacial score (nSPS) is 12.1. The monoisotopic (exact) mass is 456 g/mol. The number of hydrogen-bond donors (Lipinski definition) is 3. The molecule has 2 heterocycles. The van der Waals surface area contributed by atoms with Crippen molar-refractivity contribution in [2.75, 3.05) is 26.0 Å². The van der Waals surface area contributed by atoms with Gasteiger partial charge in [0.2, 0.25) is 5.91 Å². The summed E-state index contributed by atoms with van der Waals surface area (Å²) < 4.78 is 0. The van der Waals surface area contributed by atoms with Gasteiger partial charge in [-0.05, 0) is 56.7 Å². The first-order chi connectivity index (χ1) is 16.5. The van der Waals surface area contributed by atoms with Gasteiger partial charge in [-0.15, -0.1) is 0 Å². The number of amides is 1. The van der Waals surface area contributed by atoms with Gasteiger partial charge in [-0.25, -0.2) is 9.97 Å². The van der Waals surface area contributed by atoms with Crippen LogP contribution in [0.25, 0.3) is 22.3 Å². The number of carbonyl (C=O) groups excluding carboxylic acids is 1. The van der Waals surface area contributed by atoms with E-state index in [1.54, 1.807) is 6.33 Å². The standard InChI is InChI=1S/C27H32N6O/c1-19(21-8-5-4-6-9-21)31-26-23-16-24(32-27(23)30-18-29-26)22-13-11-20(12-14-22)17-28-25(34)10-7-15-33(2)3/h4-6,8-9,11-14,16,18-19H,7,10,15,17H2,1-3H3,(H,28,34)(H2,29,30,31,32). The molecule has 0 aliphatic rings. The maximum absolute atomic E-state index is 12.0. The molecule has 34 heavy (non-hydrogen) atoms. The van der Waals surface area contributed by atoms with Crippen LogP contribution in [0.3, 0.4) is 0 Å². The first-order valence-corrected chi connectivity index (χ1v) is 11.7. The maximum atomic E-state index is 12.0. The summed E-state index contributed by atoms with van der Waals surface area (Å²) in [6.45, 7) is 3.57. The van der Waals surface area contributed by atoms with Crippen molar-refractivity contribution in [3.8, 4) is 11.3 Å². The zero-order valence-electron chi connectivity index (χ0n) is 20.0. The average molecular weight is 457 g/mol. The van der Waals surface area contributed by atoms with Crippen LogP contribution < -0.4 is 10.6 Å². The first-order valence-electron chi connectivity index (χ1n) is 11.7. The third-order valence-corrected chi connectivity index (χ3v) is 5.84. The van der Waals surface area contributed by atoms with Gasteiger partial charge in [0.25, 0.3) is 0 Å². The summed E-state index contributed by atoms with van der Waals surface area (Å²) in [7, 11) is 4.03. The average Bonchev–Trinajstić information content (AvgIpc) is 3.29. The number of fused-ring (bicyclic) bond motifs is 1. The van der Waals surface area contributed by atoms with Gasteiger partial charge in [-0.2, -0.15) is 0 Å². The number of aromatic nitrogens is 3. The second-order valence-electron chi connectivity index (χ2n) is 8.82. The van der Waals surface area contributed by atoms with Gasteiger partial charge in [0.15, 0.2) is 0 Å². The molecular weight excluding hydrogens is 424 g/mol. The molecule has 4 aromatic rings. The predicted molar refractivity (Wildman–Crippen MR) is 137 cm³/mol. The molecule has 0 saturated heterocycles. The molecule has 2 aromatic heterocycles. The van der Waals surface area contributed by atoms with E-state index >= 15 is 0 Å². The Morgan fingerprint density at radius 2 is 1.82 bits per heavy atom. The Bertz CT molecular complexity index is 1220. The van der Waals surface area contributed by atoms with E-state index in [-0.39, 0.29) is 11.9 Å². The maximum Gasteiger partial charge on any atom is 0.220 e. The van der Waals surface area contributed by atoms with Gasteiger partial charge in [0.1, 0.15) is 17.8 Å². The van der Waals surface area contributed by atoms with Crippen molar-refractivity contribution in [2.24, 2.45) is 0 Å². The molecule has 176 valence electrons. The number of aromatic amines is 1. The molecule has 0 aliphatic carbocycles. The summed E-state index contributed by atoms with van der Waals surface area (Å²) in [6.07, 6.45) is 2.99. The van der Waals surface area contributed by atoms with Crippen molar-refractivity contribution in [2.45, 2.75) is 32.4 Å². The summed E-state index contributed by atoms with van der Waals surface area (Å²) in [4.78, 5) is 26.4. The molecule has 0 aliphatic heterocycles. The van der Waals surface area contributed by atoms with Crippen molar-refractivity contribution < 1.29 is 4.79 Å². The van der Waals surface area contributed by atoms with Gasteiger partial charge in [-0.3, -0.25) is 4.79 Å². The van der Waals surface area contributed by atoms with Crippen LogP contribution in [0, 0.1) is 0 Å². The molecule has 1 unspecified atom stereocenters. The molecule has 0 fully saturated rings. The summed E-state index contributed by atoms with van der Waals surface area (Å²) in [5.74, 6) is 0.891. The second kappa shape index (κ2) is 10.9. The first kappa shape index (κ1) is 23.4. The smallest absolute Gasteiger partial charge is 0.220 e. The van der Waals surface area contributed by atoms with Gasteiger partial charge < -0.3 is 20.5 Å². The topological polar surface area (TPSA) is 85.9 Å². The van der Waals surface area contributed by atoms with E-state index in [4.69, 9.17) is 0 Å². The number of nitrogens with one attached hydrogen (secondary N) is 3. The quantitative estimate of drug-likeness (QED) is 0.320. The zero-order chi connectivity index (χ0) is 23.9. The van der Waals surface area contributed by atoms with E-state index in [0.717, 1.165) is 46.6 Å². The van der Waals surface area contributed by atoms with Crippen LogP contribution in [0.1, 0.15) is 36.9 Å². The molecule has 0 saturated carbocycles. The minimum atomic E-state index is 0.0879. The molecule has 7 heteroatoms. The lowest BCUT2D eigenvalue weighted by atomic mass is 10.1. The fourth-order valence-electron chi connectivity index (χ4n) is 3.89. The lowest BCUT2D eigenvalue weighted by Crippen LogP contribution is -2.24. The highest BCUT2D eigenvalue weighted by Gasteiger charge is 2.12. The van der Waals surface area contributed by atoms with Crippen molar-refractivity contribution in [3.05, 3.63) is 78.1 Å². The summed E-state index contributed by atoms with van der Waals surface area (Å²) >= 11 is 0. The Balaban J connectivity index is 1.42. The molecule has 1 atom stereocenters. The minimum Gasteiger partial charge on any atom is -0.363 e. The fourth-order valence-corrected chi connectivity index (χ4v) is 3.89. The molecule has 0 bridgehead atoms. The van der Waals surface area contributed by atoms with E-state index in [0.29, 0.717) is 13.0 Å². The highest BCUT2D eigenvalue weighted by molar-refractivity contribution is 5.91. The summed E-state index contributed by atoms with van der Waals surface area (Å²) in [5, 5.41) is 7.46. The molecule has 4 rings (SSSR count). The zero-order valence-corrected chi connectivity index (χ0v) is 20.0. The SMILES string of the molecule is CC(Nc1ncnc2[nH]c(-c3ccc(CNC(=O)CCCN(C)C)cc3)cc12)c1ccccc1. The largest absolute Gasteiger partial charge is 0.363 e. The number of nitrogens with zero attached hydrogens (tertiary/aromatic N) is 3. The molecule has 7 nitrogen and oxygen atoms in total. The van der Waals surface area contributed by atoms with Gasteiger partial charge in [-0.1, -0.05) is 54.6 Å². The lowest BCUT2D eigenvalue weighted by molar-refractivity contribution is -0.121. The number of benzene rings is 2.